The highest BCUT2D eigenvalue weighted by Gasteiger charge is 2.10. The van der Waals surface area contributed by atoms with Crippen molar-refractivity contribution in [3.63, 3.8) is 0 Å². The number of ether oxygens (including phenoxy) is 2. The molecule has 0 unspecified atom stereocenters. The molecule has 0 aliphatic rings. The lowest BCUT2D eigenvalue weighted by Gasteiger charge is -2.12. The Kier molecular flexibility index (Phi) is 6.85. The number of hydrogen-bond donors (Lipinski definition) is 0. The number of rotatable bonds is 7. The van der Waals surface area contributed by atoms with Gasteiger partial charge in [0.05, 0.1) is 14.2 Å². The summed E-state index contributed by atoms with van der Waals surface area (Å²) < 4.78 is 12.0. The van der Waals surface area contributed by atoms with Crippen LogP contribution in [0.2, 0.25) is 0 Å². The monoisotopic (exact) mass is 436 g/mol. The third-order valence-electron chi connectivity index (χ3n) is 3.70. The largest absolute Gasteiger partial charge is 0.496 e. The quantitative estimate of drug-likeness (QED) is 0.342. The second-order valence-corrected chi connectivity index (χ2v) is 6.61. The number of hydrogen-bond acceptors (Lipinski definition) is 3. The third kappa shape index (κ3) is 4.60. The second kappa shape index (κ2) is 8.87. The summed E-state index contributed by atoms with van der Waals surface area (Å²) in [6, 6.07) is 11.4. The van der Waals surface area contributed by atoms with Gasteiger partial charge >= 0.3 is 0 Å². The molecule has 0 aliphatic heterocycles. The minimum absolute atomic E-state index is 0.0370. The van der Waals surface area contributed by atoms with Crippen LogP contribution in [0.25, 0.3) is 6.08 Å². The zero-order valence-electron chi connectivity index (χ0n) is 14.1. The highest BCUT2D eigenvalue weighted by atomic mass is 127. The van der Waals surface area contributed by atoms with Crippen molar-refractivity contribution in [1.82, 2.24) is 0 Å². The van der Waals surface area contributed by atoms with Crippen LogP contribution in [0.5, 0.6) is 11.5 Å². The van der Waals surface area contributed by atoms with E-state index in [4.69, 9.17) is 9.47 Å². The molecule has 2 rings (SSSR count). The van der Waals surface area contributed by atoms with Gasteiger partial charge in [0.15, 0.2) is 5.78 Å². The van der Waals surface area contributed by atoms with Crippen molar-refractivity contribution in [3.05, 3.63) is 62.7 Å². The van der Waals surface area contributed by atoms with Gasteiger partial charge in [-0.15, -0.1) is 0 Å². The number of allylic oxidation sites excluding steroid dienone is 1. The van der Waals surface area contributed by atoms with Crippen LogP contribution in [0.15, 0.2) is 42.5 Å². The molecule has 0 N–H and O–H groups in total. The Morgan fingerprint density at radius 1 is 1.08 bits per heavy atom. The predicted octanol–water partition coefficient (Wildman–Crippen LogP) is 5.16. The zero-order chi connectivity index (χ0) is 17.5. The van der Waals surface area contributed by atoms with E-state index in [1.165, 1.54) is 0 Å². The molecule has 0 spiro atoms. The van der Waals surface area contributed by atoms with E-state index >= 15 is 0 Å². The normalized spacial score (nSPS) is 10.8. The summed E-state index contributed by atoms with van der Waals surface area (Å²) in [6.07, 6.45) is 5.29. The molecule has 0 saturated heterocycles. The molecule has 0 aliphatic carbocycles. The number of ketones is 1. The average Bonchev–Trinajstić information content (AvgIpc) is 2.60. The second-order valence-electron chi connectivity index (χ2n) is 5.36. The first-order chi connectivity index (χ1) is 11.6. The van der Waals surface area contributed by atoms with Crippen LogP contribution in [0.1, 0.15) is 34.8 Å². The molecule has 0 heterocycles. The van der Waals surface area contributed by atoms with E-state index in [0.29, 0.717) is 5.56 Å². The van der Waals surface area contributed by atoms with Gasteiger partial charge in [0, 0.05) is 14.7 Å². The lowest BCUT2D eigenvalue weighted by molar-refractivity contribution is 0.104. The van der Waals surface area contributed by atoms with E-state index in [0.717, 1.165) is 39.0 Å². The highest BCUT2D eigenvalue weighted by Crippen LogP contribution is 2.30. The van der Waals surface area contributed by atoms with Crippen molar-refractivity contribution in [1.29, 1.82) is 0 Å². The fraction of sp³-hybridized carbons (Fsp3) is 0.250. The lowest BCUT2D eigenvalue weighted by atomic mass is 10.0. The molecule has 2 aromatic rings. The van der Waals surface area contributed by atoms with E-state index in [2.05, 4.69) is 29.5 Å². The Balaban J connectivity index is 2.30. The average molecular weight is 436 g/mol. The summed E-state index contributed by atoms with van der Waals surface area (Å²) in [7, 11) is 3.29. The topological polar surface area (TPSA) is 35.5 Å². The molecule has 24 heavy (non-hydrogen) atoms. The van der Waals surface area contributed by atoms with Crippen LogP contribution >= 0.6 is 22.6 Å². The Labute approximate surface area is 156 Å². The van der Waals surface area contributed by atoms with Crippen molar-refractivity contribution in [2.75, 3.05) is 14.2 Å². The molecule has 0 fully saturated rings. The summed E-state index contributed by atoms with van der Waals surface area (Å²) in [5.41, 5.74) is 2.60. The van der Waals surface area contributed by atoms with Crippen molar-refractivity contribution in [3.8, 4) is 11.5 Å². The maximum Gasteiger partial charge on any atom is 0.185 e. The van der Waals surface area contributed by atoms with E-state index in [1.54, 1.807) is 26.4 Å². The van der Waals surface area contributed by atoms with E-state index in [9.17, 15) is 4.79 Å². The molecule has 0 amide bonds. The Bertz CT molecular complexity index is 733. The van der Waals surface area contributed by atoms with Crippen molar-refractivity contribution in [2.24, 2.45) is 0 Å². The molecule has 3 nitrogen and oxygen atoms in total. The van der Waals surface area contributed by atoms with E-state index in [1.807, 2.05) is 36.4 Å². The van der Waals surface area contributed by atoms with Gasteiger partial charge in [-0.3, -0.25) is 4.79 Å². The van der Waals surface area contributed by atoms with Crippen molar-refractivity contribution >= 4 is 34.5 Å². The van der Waals surface area contributed by atoms with Crippen molar-refractivity contribution in [2.45, 2.75) is 19.8 Å². The van der Waals surface area contributed by atoms with Gasteiger partial charge in [-0.25, -0.2) is 0 Å². The molecular formula is C20H21IO3. The molecule has 2 aromatic carbocycles. The van der Waals surface area contributed by atoms with Gasteiger partial charge in [0.1, 0.15) is 11.5 Å². The van der Waals surface area contributed by atoms with Crippen LogP contribution < -0.4 is 9.47 Å². The molecule has 0 atom stereocenters. The predicted molar refractivity (Wildman–Crippen MR) is 106 cm³/mol. The number of benzene rings is 2. The zero-order valence-corrected chi connectivity index (χ0v) is 16.3. The van der Waals surface area contributed by atoms with Gasteiger partial charge in [-0.05, 0) is 71.0 Å². The summed E-state index contributed by atoms with van der Waals surface area (Å²) in [5, 5.41) is 0. The number of methoxy groups -OCH3 is 2. The van der Waals surface area contributed by atoms with Crippen LogP contribution in [0.4, 0.5) is 0 Å². The summed E-state index contributed by atoms with van der Waals surface area (Å²) in [5.74, 6) is 1.52. The van der Waals surface area contributed by atoms with Crippen LogP contribution in [-0.4, -0.2) is 20.0 Å². The fourth-order valence-electron chi connectivity index (χ4n) is 2.46. The molecule has 0 radical (unpaired) electrons. The Hall–Kier alpha value is -1.82. The minimum atomic E-state index is -0.0370. The lowest BCUT2D eigenvalue weighted by Crippen LogP contribution is -1.97. The van der Waals surface area contributed by atoms with E-state index in [-0.39, 0.29) is 5.78 Å². The maximum absolute atomic E-state index is 12.3. The third-order valence-corrected chi connectivity index (χ3v) is 4.41. The fourth-order valence-corrected chi connectivity index (χ4v) is 2.81. The molecular weight excluding hydrogens is 415 g/mol. The SMILES string of the molecule is CCCc1cc(OC)c(C=CC(=O)c2ccc(I)cc2)cc1OC. The Morgan fingerprint density at radius 2 is 1.75 bits per heavy atom. The molecule has 4 heteroatoms. The standard InChI is InChI=1S/C20H21IO3/c1-4-5-15-12-20(24-3)16(13-19(15)23-2)8-11-18(22)14-6-9-17(21)10-7-14/h6-13H,4-5H2,1-3H3. The molecule has 126 valence electrons. The molecule has 0 aromatic heterocycles. The summed E-state index contributed by atoms with van der Waals surface area (Å²) in [4.78, 5) is 12.3. The van der Waals surface area contributed by atoms with Gasteiger partial charge < -0.3 is 9.47 Å². The maximum atomic E-state index is 12.3. The van der Waals surface area contributed by atoms with Crippen molar-refractivity contribution < 1.29 is 14.3 Å². The highest BCUT2D eigenvalue weighted by molar-refractivity contribution is 14.1. The number of carbonyl (C=O) groups excluding carboxylic acids is 1. The van der Waals surface area contributed by atoms with Gasteiger partial charge in [-0.2, -0.15) is 0 Å². The molecule has 0 bridgehead atoms. The Morgan fingerprint density at radius 3 is 2.33 bits per heavy atom. The smallest absolute Gasteiger partial charge is 0.185 e. The van der Waals surface area contributed by atoms with Gasteiger partial charge in [0.2, 0.25) is 0 Å². The first kappa shape index (κ1) is 18.5. The van der Waals surface area contributed by atoms with E-state index < -0.39 is 0 Å². The summed E-state index contributed by atoms with van der Waals surface area (Å²) in [6.45, 7) is 2.12. The van der Waals surface area contributed by atoms with Gasteiger partial charge in [-0.1, -0.05) is 25.5 Å². The number of halogens is 1. The van der Waals surface area contributed by atoms with Gasteiger partial charge in [0.25, 0.3) is 0 Å². The van der Waals surface area contributed by atoms with Crippen LogP contribution in [0, 0.1) is 3.57 Å². The number of aryl methyl sites for hydroxylation is 1. The first-order valence-corrected chi connectivity index (χ1v) is 8.89. The first-order valence-electron chi connectivity index (χ1n) is 7.82. The minimum Gasteiger partial charge on any atom is -0.496 e. The number of carbonyl (C=O) groups is 1. The summed E-state index contributed by atoms with van der Waals surface area (Å²) >= 11 is 2.22. The van der Waals surface area contributed by atoms with Crippen LogP contribution in [-0.2, 0) is 6.42 Å². The van der Waals surface area contributed by atoms with Crippen LogP contribution in [0.3, 0.4) is 0 Å². The molecule has 0 saturated carbocycles.